The molecule has 4 atom stereocenters. The number of H-pyrrole nitrogens is 1. The molecule has 132 valence electrons. The number of aromatic amines is 1. The quantitative estimate of drug-likeness (QED) is 0.705. The second-order valence-corrected chi connectivity index (χ2v) is 11.5. The molecule has 0 spiro atoms. The van der Waals surface area contributed by atoms with Crippen LogP contribution in [0.4, 0.5) is 0 Å². The zero-order valence-corrected chi connectivity index (χ0v) is 15.0. The maximum absolute atomic E-state index is 12.3. The highest BCUT2D eigenvalue weighted by Crippen LogP contribution is 2.39. The molecule has 1 aliphatic rings. The molecule has 2 aromatic heterocycles. The summed E-state index contributed by atoms with van der Waals surface area (Å²) in [6.07, 6.45) is 3.56. The van der Waals surface area contributed by atoms with Crippen LogP contribution in [0.2, 0.25) is 0 Å². The van der Waals surface area contributed by atoms with Crippen LogP contribution in [0.25, 0.3) is 11.0 Å². The minimum absolute atomic E-state index is 0.502. The van der Waals surface area contributed by atoms with Gasteiger partial charge in [-0.15, -0.1) is 13.2 Å². The van der Waals surface area contributed by atoms with Crippen LogP contribution in [0.3, 0.4) is 0 Å². The Morgan fingerprint density at radius 3 is 2.79 bits per heavy atom. The van der Waals surface area contributed by atoms with Gasteiger partial charge in [0.05, 0.1) is 6.10 Å². The third kappa shape index (κ3) is 3.35. The summed E-state index contributed by atoms with van der Waals surface area (Å²) in [6.45, 7) is 4.84. The summed E-state index contributed by atoms with van der Waals surface area (Å²) in [5, 5.41) is 21.4. The van der Waals surface area contributed by atoms with Gasteiger partial charge in [0.1, 0.15) is 17.9 Å². The third-order valence-corrected chi connectivity index (χ3v) is 5.77. The van der Waals surface area contributed by atoms with E-state index in [9.17, 15) is 15.0 Å². The minimum atomic E-state index is -1.25. The lowest BCUT2D eigenvalue weighted by molar-refractivity contribution is -0.0399. The molecular formula is C16H24N3O4P. The van der Waals surface area contributed by atoms with Crippen molar-refractivity contribution in [3.05, 3.63) is 28.4 Å². The highest BCUT2D eigenvalue weighted by Gasteiger charge is 2.43. The number of nitrogens with zero attached hydrogens (tertiary/aromatic N) is 2. The molecule has 3 rings (SSSR count). The summed E-state index contributed by atoms with van der Waals surface area (Å²) >= 11 is 0. The molecule has 3 N–H and O–H groups in total. The van der Waals surface area contributed by atoms with Crippen LogP contribution in [0.1, 0.15) is 18.3 Å². The van der Waals surface area contributed by atoms with Crippen LogP contribution in [0.15, 0.2) is 17.1 Å². The van der Waals surface area contributed by atoms with Crippen LogP contribution in [-0.4, -0.2) is 68.9 Å². The van der Waals surface area contributed by atoms with E-state index in [0.717, 1.165) is 17.2 Å². The molecule has 0 unspecified atom stereocenters. The van der Waals surface area contributed by atoms with Crippen molar-refractivity contribution < 1.29 is 14.9 Å². The summed E-state index contributed by atoms with van der Waals surface area (Å²) in [5.41, 5.74) is 0.871. The molecule has 1 saturated heterocycles. The summed E-state index contributed by atoms with van der Waals surface area (Å²) in [7, 11) is 0. The number of nitrogens with one attached hydrogen (secondary N) is 1. The average Bonchev–Trinajstić information content (AvgIpc) is 2.96. The Labute approximate surface area is 140 Å². The Bertz CT molecular complexity index is 853. The highest BCUT2D eigenvalue weighted by molar-refractivity contribution is 7.72. The molecule has 1 aliphatic heterocycles. The van der Waals surface area contributed by atoms with E-state index in [4.69, 9.17) is 4.74 Å². The van der Waals surface area contributed by atoms with Gasteiger partial charge < -0.3 is 19.9 Å². The van der Waals surface area contributed by atoms with Crippen molar-refractivity contribution in [2.24, 2.45) is 0 Å². The molecule has 2 aromatic rings. The molecule has 0 aliphatic carbocycles. The lowest BCUT2D eigenvalue weighted by atomic mass is 10.1. The number of aromatic nitrogens is 3. The number of ether oxygens (including phenoxy) is 1. The Hall–Kier alpha value is -1.40. The highest BCUT2D eigenvalue weighted by atomic mass is 31.2. The van der Waals surface area contributed by atoms with Crippen LogP contribution >= 0.6 is 6.89 Å². The average molecular weight is 353 g/mol. The summed E-state index contributed by atoms with van der Waals surface area (Å²) in [5.74, 6) is 0. The van der Waals surface area contributed by atoms with Crippen molar-refractivity contribution in [1.82, 2.24) is 14.5 Å². The zero-order chi connectivity index (χ0) is 17.6. The normalized spacial score (nSPS) is 27.9. The Kier molecular flexibility index (Phi) is 4.47. The van der Waals surface area contributed by atoms with E-state index in [1.165, 1.54) is 4.57 Å². The number of hydrogen-bond acceptors (Lipinski definition) is 5. The lowest BCUT2D eigenvalue weighted by Gasteiger charge is -2.18. The van der Waals surface area contributed by atoms with E-state index in [2.05, 4.69) is 29.6 Å². The van der Waals surface area contributed by atoms with Gasteiger partial charge in [-0.25, -0.2) is 4.79 Å². The van der Waals surface area contributed by atoms with E-state index in [1.807, 2.05) is 13.0 Å². The molecule has 1 fully saturated rings. The number of fused-ring (bicyclic) bond motifs is 1. The molecule has 24 heavy (non-hydrogen) atoms. The summed E-state index contributed by atoms with van der Waals surface area (Å²) in [4.78, 5) is 19.2. The van der Waals surface area contributed by atoms with Gasteiger partial charge in [-0.05, 0) is 38.9 Å². The van der Waals surface area contributed by atoms with Gasteiger partial charge in [-0.3, -0.25) is 4.57 Å². The second kappa shape index (κ2) is 6.15. The lowest BCUT2D eigenvalue weighted by Crippen LogP contribution is -2.35. The molecule has 0 radical (unpaired) electrons. The first-order valence-electron chi connectivity index (χ1n) is 7.93. The fraction of sp³-hybridized carbons (Fsp3) is 0.562. The van der Waals surface area contributed by atoms with Gasteiger partial charge in [-0.2, -0.15) is 4.98 Å². The number of aliphatic hydroxyl groups excluding tert-OH is 2. The van der Waals surface area contributed by atoms with Gasteiger partial charge in [0.25, 0.3) is 0 Å². The molecular weight excluding hydrogens is 329 g/mol. The van der Waals surface area contributed by atoms with Crippen molar-refractivity contribution in [3.8, 4) is 0 Å². The predicted octanol–water partition coefficient (Wildman–Crippen LogP) is 0.752. The Morgan fingerprint density at radius 2 is 2.12 bits per heavy atom. The first-order chi connectivity index (χ1) is 11.2. The summed E-state index contributed by atoms with van der Waals surface area (Å²) < 4.78 is 7.06. The standard InChI is InChI=1S/C16H24N3O4P/c1-9-7-10-8-19(16(22)18-14(10)17-9)15-13(21)12(20)11(23-15)5-6-24(2,3)4/h7-8,11-13,15,20-21H,2,5-6H2,1,3-4H3,(H,17,18,22)/t11-,12-,13-,15-/m1/s1. The van der Waals surface area contributed by atoms with Gasteiger partial charge in [-0.1, -0.05) is 0 Å². The monoisotopic (exact) mass is 353 g/mol. The van der Waals surface area contributed by atoms with Crippen molar-refractivity contribution in [3.63, 3.8) is 0 Å². The van der Waals surface area contributed by atoms with Crippen LogP contribution in [-0.2, 0) is 4.74 Å². The van der Waals surface area contributed by atoms with E-state index in [-0.39, 0.29) is 0 Å². The number of hydrogen-bond donors (Lipinski definition) is 3. The molecule has 0 amide bonds. The first-order valence-corrected chi connectivity index (χ1v) is 11.0. The van der Waals surface area contributed by atoms with Crippen LogP contribution in [0, 0.1) is 6.92 Å². The van der Waals surface area contributed by atoms with E-state index in [0.29, 0.717) is 12.1 Å². The predicted molar refractivity (Wildman–Crippen MR) is 96.4 cm³/mol. The largest absolute Gasteiger partial charge is 0.388 e. The van der Waals surface area contributed by atoms with Crippen LogP contribution in [0.5, 0.6) is 0 Å². The van der Waals surface area contributed by atoms with Gasteiger partial charge in [0.15, 0.2) is 6.23 Å². The molecule has 0 saturated carbocycles. The molecule has 8 heteroatoms. The summed E-state index contributed by atoms with van der Waals surface area (Å²) in [6, 6.07) is 1.86. The van der Waals surface area contributed by atoms with Crippen LogP contribution < -0.4 is 5.69 Å². The van der Waals surface area contributed by atoms with Gasteiger partial charge >= 0.3 is 5.69 Å². The Morgan fingerprint density at radius 1 is 1.42 bits per heavy atom. The molecule has 0 bridgehead atoms. The van der Waals surface area contributed by atoms with Crippen molar-refractivity contribution >= 4 is 24.2 Å². The SMILES string of the molecule is C=P(C)(C)CC[C@H]1O[C@@H](n2cc3cc(C)[nH]c3nc2=O)[C@H](O)[C@@H]1O. The maximum atomic E-state index is 12.3. The molecule has 3 heterocycles. The van der Waals surface area contributed by atoms with Gasteiger partial charge in [0, 0.05) is 17.3 Å². The zero-order valence-electron chi connectivity index (χ0n) is 14.1. The van der Waals surface area contributed by atoms with Crippen molar-refractivity contribution in [2.45, 2.75) is 37.9 Å². The fourth-order valence-electron chi connectivity index (χ4n) is 3.00. The van der Waals surface area contributed by atoms with Crippen molar-refractivity contribution in [2.75, 3.05) is 19.5 Å². The first kappa shape index (κ1) is 17.4. The second-order valence-electron chi connectivity index (χ2n) is 7.18. The smallest absolute Gasteiger partial charge is 0.351 e. The van der Waals surface area contributed by atoms with E-state index >= 15 is 0 Å². The van der Waals surface area contributed by atoms with Gasteiger partial charge in [0.2, 0.25) is 0 Å². The fourth-order valence-corrected chi connectivity index (χ4v) is 3.96. The van der Waals surface area contributed by atoms with E-state index < -0.39 is 37.1 Å². The number of rotatable bonds is 4. The number of aliphatic hydroxyl groups is 2. The third-order valence-electron chi connectivity index (χ3n) is 4.30. The Balaban J connectivity index is 1.88. The molecule has 7 nitrogen and oxygen atoms in total. The molecule has 0 aromatic carbocycles. The number of aryl methyl sites for hydroxylation is 1. The van der Waals surface area contributed by atoms with E-state index in [1.54, 1.807) is 6.20 Å². The van der Waals surface area contributed by atoms with Crippen molar-refractivity contribution in [1.29, 1.82) is 0 Å². The maximum Gasteiger partial charge on any atom is 0.351 e. The minimum Gasteiger partial charge on any atom is -0.388 e. The topological polar surface area (TPSA) is 100 Å².